The first-order valence-corrected chi connectivity index (χ1v) is 8.89. The molecule has 2 aromatic carbocycles. The van der Waals surface area contributed by atoms with E-state index in [4.69, 9.17) is 16.3 Å². The maximum atomic E-state index is 12.0. The number of benzene rings is 2. The van der Waals surface area contributed by atoms with Gasteiger partial charge < -0.3 is 4.74 Å². The van der Waals surface area contributed by atoms with Crippen molar-refractivity contribution in [2.45, 2.75) is 32.6 Å². The van der Waals surface area contributed by atoms with Crippen LogP contribution in [0.3, 0.4) is 0 Å². The molecule has 1 N–H and O–H groups in total. The summed E-state index contributed by atoms with van der Waals surface area (Å²) >= 11 is 5.81. The zero-order valence-corrected chi connectivity index (χ0v) is 15.1. The zero-order valence-electron chi connectivity index (χ0n) is 14.4. The molecule has 5 heteroatoms. The Morgan fingerprint density at radius 3 is 2.64 bits per heavy atom. The van der Waals surface area contributed by atoms with Gasteiger partial charge in [-0.3, -0.25) is 4.79 Å². The molecule has 0 saturated heterocycles. The molecule has 2 rings (SSSR count). The number of para-hydroxylation sites is 1. The number of hydrogen-bond acceptors (Lipinski definition) is 3. The molecule has 0 heterocycles. The van der Waals surface area contributed by atoms with Crippen LogP contribution in [-0.2, 0) is 0 Å². The highest BCUT2D eigenvalue weighted by Gasteiger charge is 2.04. The first-order valence-electron chi connectivity index (χ1n) is 8.51. The Morgan fingerprint density at radius 1 is 1.12 bits per heavy atom. The Kier molecular flexibility index (Phi) is 7.99. The molecule has 1 amide bonds. The number of ether oxygens (including phenoxy) is 1. The van der Waals surface area contributed by atoms with Crippen LogP contribution in [0, 0.1) is 0 Å². The lowest BCUT2D eigenvalue weighted by Crippen LogP contribution is -2.17. The Bertz CT molecular complexity index is 699. The smallest absolute Gasteiger partial charge is 0.271 e. The van der Waals surface area contributed by atoms with Crippen molar-refractivity contribution in [3.8, 4) is 5.75 Å². The number of amides is 1. The van der Waals surface area contributed by atoms with E-state index in [1.165, 1.54) is 19.3 Å². The Balaban J connectivity index is 1.89. The minimum absolute atomic E-state index is 0.286. The van der Waals surface area contributed by atoms with E-state index < -0.39 is 0 Å². The van der Waals surface area contributed by atoms with Crippen molar-refractivity contribution in [1.29, 1.82) is 0 Å². The lowest BCUT2D eigenvalue weighted by molar-refractivity contribution is 0.0955. The van der Waals surface area contributed by atoms with E-state index in [0.717, 1.165) is 17.7 Å². The van der Waals surface area contributed by atoms with E-state index in [1.54, 1.807) is 30.5 Å². The van der Waals surface area contributed by atoms with Gasteiger partial charge >= 0.3 is 0 Å². The largest absolute Gasteiger partial charge is 0.493 e. The third-order valence-electron chi connectivity index (χ3n) is 3.65. The molecule has 25 heavy (non-hydrogen) atoms. The van der Waals surface area contributed by atoms with Gasteiger partial charge in [-0.2, -0.15) is 5.10 Å². The molecule has 0 spiro atoms. The van der Waals surface area contributed by atoms with Gasteiger partial charge in [-0.1, -0.05) is 49.9 Å². The number of nitrogens with one attached hydrogen (secondary N) is 1. The molecule has 2 aromatic rings. The third-order valence-corrected chi connectivity index (χ3v) is 3.90. The van der Waals surface area contributed by atoms with Gasteiger partial charge in [0.15, 0.2) is 0 Å². The number of carbonyl (C=O) groups excluding carboxylic acids is 1. The van der Waals surface area contributed by atoms with Gasteiger partial charge in [-0.25, -0.2) is 5.43 Å². The number of unbranched alkanes of at least 4 members (excludes halogenated alkanes) is 3. The molecular formula is C20H23ClN2O2. The van der Waals surface area contributed by atoms with E-state index in [2.05, 4.69) is 17.5 Å². The standard InChI is InChI=1S/C20H23ClN2O2/c1-2-3-4-7-14-25-19-9-6-5-8-17(19)15-22-23-20(24)16-10-12-18(21)13-11-16/h5-6,8-13,15H,2-4,7,14H2,1H3,(H,23,24)/b22-15-. The number of hydrogen-bond donors (Lipinski definition) is 1. The molecule has 0 unspecified atom stereocenters. The summed E-state index contributed by atoms with van der Waals surface area (Å²) in [4.78, 5) is 12.0. The number of halogens is 1. The van der Waals surface area contributed by atoms with Gasteiger partial charge in [0.05, 0.1) is 12.8 Å². The summed E-state index contributed by atoms with van der Waals surface area (Å²) in [5.41, 5.74) is 3.84. The quantitative estimate of drug-likeness (QED) is 0.387. The molecule has 0 atom stereocenters. The van der Waals surface area contributed by atoms with E-state index in [9.17, 15) is 4.79 Å². The van der Waals surface area contributed by atoms with Crippen molar-refractivity contribution >= 4 is 23.7 Å². The summed E-state index contributed by atoms with van der Waals surface area (Å²) in [6.07, 6.45) is 6.23. The van der Waals surface area contributed by atoms with Gasteiger partial charge in [0.2, 0.25) is 0 Å². The zero-order chi connectivity index (χ0) is 17.9. The van der Waals surface area contributed by atoms with Crippen LogP contribution < -0.4 is 10.2 Å². The van der Waals surface area contributed by atoms with Gasteiger partial charge in [-0.15, -0.1) is 0 Å². The maximum Gasteiger partial charge on any atom is 0.271 e. The minimum atomic E-state index is -0.286. The molecule has 0 fully saturated rings. The number of hydrazone groups is 1. The molecule has 0 bridgehead atoms. The highest BCUT2D eigenvalue weighted by molar-refractivity contribution is 6.30. The second-order valence-corrected chi connectivity index (χ2v) is 6.09. The SMILES string of the molecule is CCCCCCOc1ccccc1/C=N\NC(=O)c1ccc(Cl)cc1. The molecule has 0 aliphatic heterocycles. The summed E-state index contributed by atoms with van der Waals surface area (Å²) in [5.74, 6) is 0.481. The van der Waals surface area contributed by atoms with Crippen LogP contribution in [0.4, 0.5) is 0 Å². The predicted octanol–water partition coefficient (Wildman–Crippen LogP) is 5.06. The van der Waals surface area contributed by atoms with E-state index in [1.807, 2.05) is 24.3 Å². The van der Waals surface area contributed by atoms with Gasteiger partial charge in [-0.05, 0) is 42.8 Å². The fraction of sp³-hybridized carbons (Fsp3) is 0.300. The van der Waals surface area contributed by atoms with E-state index >= 15 is 0 Å². The van der Waals surface area contributed by atoms with Gasteiger partial charge in [0, 0.05) is 16.1 Å². The van der Waals surface area contributed by atoms with Crippen molar-refractivity contribution in [2.24, 2.45) is 5.10 Å². The fourth-order valence-corrected chi connectivity index (χ4v) is 2.38. The first-order chi connectivity index (χ1) is 12.2. The third kappa shape index (κ3) is 6.59. The topological polar surface area (TPSA) is 50.7 Å². The van der Waals surface area contributed by atoms with Crippen molar-refractivity contribution in [3.63, 3.8) is 0 Å². The minimum Gasteiger partial charge on any atom is -0.493 e. The lowest BCUT2D eigenvalue weighted by Gasteiger charge is -2.08. The van der Waals surface area contributed by atoms with Crippen LogP contribution in [0.5, 0.6) is 5.75 Å². The lowest BCUT2D eigenvalue weighted by atomic mass is 10.2. The van der Waals surface area contributed by atoms with Gasteiger partial charge in [0.1, 0.15) is 5.75 Å². The number of rotatable bonds is 9. The molecule has 4 nitrogen and oxygen atoms in total. The normalized spacial score (nSPS) is 10.8. The van der Waals surface area contributed by atoms with Crippen LogP contribution >= 0.6 is 11.6 Å². The highest BCUT2D eigenvalue weighted by atomic mass is 35.5. The Hall–Kier alpha value is -2.33. The van der Waals surface area contributed by atoms with Crippen molar-refractivity contribution in [3.05, 3.63) is 64.7 Å². The Labute approximate surface area is 153 Å². The van der Waals surface area contributed by atoms with Crippen molar-refractivity contribution < 1.29 is 9.53 Å². The Morgan fingerprint density at radius 2 is 1.88 bits per heavy atom. The molecule has 132 valence electrons. The van der Waals surface area contributed by atoms with Crippen LogP contribution in [0.15, 0.2) is 53.6 Å². The van der Waals surface area contributed by atoms with Crippen molar-refractivity contribution in [1.82, 2.24) is 5.43 Å². The average Bonchev–Trinajstić information content (AvgIpc) is 2.63. The molecular weight excluding hydrogens is 336 g/mol. The van der Waals surface area contributed by atoms with Crippen LogP contribution in [0.2, 0.25) is 5.02 Å². The summed E-state index contributed by atoms with van der Waals surface area (Å²) in [6, 6.07) is 14.3. The van der Waals surface area contributed by atoms with E-state index in [-0.39, 0.29) is 5.91 Å². The predicted molar refractivity (Wildman–Crippen MR) is 103 cm³/mol. The molecule has 0 radical (unpaired) electrons. The summed E-state index contributed by atoms with van der Waals surface area (Å²) < 4.78 is 5.82. The highest BCUT2D eigenvalue weighted by Crippen LogP contribution is 2.16. The van der Waals surface area contributed by atoms with Crippen LogP contribution in [0.25, 0.3) is 0 Å². The van der Waals surface area contributed by atoms with Crippen LogP contribution in [-0.4, -0.2) is 18.7 Å². The summed E-state index contributed by atoms with van der Waals surface area (Å²) in [7, 11) is 0. The first kappa shape index (κ1) is 19.0. The number of carbonyl (C=O) groups is 1. The second-order valence-electron chi connectivity index (χ2n) is 5.65. The maximum absolute atomic E-state index is 12.0. The summed E-state index contributed by atoms with van der Waals surface area (Å²) in [5, 5.41) is 4.61. The molecule has 0 saturated carbocycles. The second kappa shape index (κ2) is 10.5. The molecule has 0 aromatic heterocycles. The summed E-state index contributed by atoms with van der Waals surface area (Å²) in [6.45, 7) is 2.87. The van der Waals surface area contributed by atoms with Gasteiger partial charge in [0.25, 0.3) is 5.91 Å². The molecule has 0 aliphatic carbocycles. The molecule has 0 aliphatic rings. The van der Waals surface area contributed by atoms with Crippen LogP contribution in [0.1, 0.15) is 48.5 Å². The monoisotopic (exact) mass is 358 g/mol. The average molecular weight is 359 g/mol. The van der Waals surface area contributed by atoms with Crippen molar-refractivity contribution in [2.75, 3.05) is 6.61 Å². The van der Waals surface area contributed by atoms with E-state index in [0.29, 0.717) is 17.2 Å². The number of nitrogens with zero attached hydrogens (tertiary/aromatic N) is 1. The fourth-order valence-electron chi connectivity index (χ4n) is 2.26.